The van der Waals surface area contributed by atoms with E-state index in [9.17, 15) is 29.4 Å². The van der Waals surface area contributed by atoms with Gasteiger partial charge in [0, 0.05) is 13.8 Å². The van der Waals surface area contributed by atoms with Gasteiger partial charge in [-0.25, -0.2) is 9.59 Å². The van der Waals surface area contributed by atoms with Gasteiger partial charge < -0.3 is 35.1 Å². The molecule has 0 aliphatic rings. The maximum atomic E-state index is 12.2. The molecule has 2 rings (SSSR count). The number of rotatable bonds is 9. The van der Waals surface area contributed by atoms with E-state index < -0.39 is 41.9 Å². The third-order valence-electron chi connectivity index (χ3n) is 4.82. The van der Waals surface area contributed by atoms with Gasteiger partial charge in [-0.2, -0.15) is 0 Å². The van der Waals surface area contributed by atoms with Gasteiger partial charge in [-0.05, 0) is 51.3 Å². The lowest BCUT2D eigenvalue weighted by Crippen LogP contribution is -2.44. The molecular weight excluding hydrogens is 564 g/mol. The minimum atomic E-state index is -1.49. The third-order valence-corrected chi connectivity index (χ3v) is 5.72. The first-order chi connectivity index (χ1) is 16.9. The molecule has 13 heteroatoms. The second-order valence-corrected chi connectivity index (χ2v) is 8.71. The highest BCUT2D eigenvalue weighted by atomic mass is 79.9. The lowest BCUT2D eigenvalue weighted by Gasteiger charge is -2.22. The monoisotopic (exact) mass is 586 g/mol. The zero-order valence-electron chi connectivity index (χ0n) is 19.6. The number of hydrogen-bond donors (Lipinski definition) is 4. The van der Waals surface area contributed by atoms with Gasteiger partial charge in [-0.3, -0.25) is 9.59 Å². The number of halogens is 2. The number of esters is 2. The number of methoxy groups -OCH3 is 2. The third kappa shape index (κ3) is 7.09. The topological polar surface area (TPSA) is 160 Å². The molecular formula is C23H24BrClN2O9. The quantitative estimate of drug-likeness (QED) is 0.323. The predicted octanol–water partition coefficient (Wildman–Crippen LogP) is 2.66. The zero-order valence-corrected chi connectivity index (χ0v) is 22.0. The summed E-state index contributed by atoms with van der Waals surface area (Å²) in [5, 5.41) is 25.9. The molecule has 3 atom stereocenters. The van der Waals surface area contributed by atoms with Gasteiger partial charge in [0.2, 0.25) is 11.8 Å². The Morgan fingerprint density at radius 1 is 0.917 bits per heavy atom. The van der Waals surface area contributed by atoms with E-state index in [2.05, 4.69) is 31.3 Å². The molecule has 0 aliphatic heterocycles. The molecule has 36 heavy (non-hydrogen) atoms. The van der Waals surface area contributed by atoms with E-state index in [0.29, 0.717) is 0 Å². The number of nitrogens with one attached hydrogen (secondary N) is 2. The molecule has 0 saturated carbocycles. The van der Waals surface area contributed by atoms with Gasteiger partial charge in [-0.1, -0.05) is 17.7 Å². The van der Waals surface area contributed by atoms with Crippen LogP contribution < -0.4 is 15.4 Å². The minimum absolute atomic E-state index is 0.00899. The van der Waals surface area contributed by atoms with E-state index in [1.165, 1.54) is 44.2 Å². The largest absolute Gasteiger partial charge is 0.503 e. The van der Waals surface area contributed by atoms with Crippen LogP contribution in [-0.2, 0) is 28.7 Å². The first-order valence-electron chi connectivity index (χ1n) is 10.3. The standard InChI is InChI=1S/C23H24BrClN2O9/c1-10(28)26-18(22(32)34-3)13-7-14(24)21(31)17(9-13)36-16-6-5-12(8-15(16)25)20(30)19(23(33)35-4)27-11(2)29/h5-9,18-20,30-31H,1-4H3,(H,26,28)(H,27,29)/t18-,19+,20-/m1/s1. The number of carbonyl (C=O) groups excluding carboxylic acids is 4. The van der Waals surface area contributed by atoms with Crippen molar-refractivity contribution in [1.29, 1.82) is 0 Å². The second kappa shape index (κ2) is 12.6. The van der Waals surface area contributed by atoms with Crippen molar-refractivity contribution in [2.45, 2.75) is 32.0 Å². The van der Waals surface area contributed by atoms with Crippen LogP contribution in [0, 0.1) is 0 Å². The first kappa shape index (κ1) is 28.9. The summed E-state index contributed by atoms with van der Waals surface area (Å²) in [4.78, 5) is 47.2. The van der Waals surface area contributed by atoms with Gasteiger partial charge in [0.15, 0.2) is 23.6 Å². The maximum absolute atomic E-state index is 12.2. The van der Waals surface area contributed by atoms with Gasteiger partial charge in [0.05, 0.1) is 23.7 Å². The summed E-state index contributed by atoms with van der Waals surface area (Å²) in [6.45, 7) is 2.41. The molecule has 2 aromatic carbocycles. The average Bonchev–Trinajstić information content (AvgIpc) is 2.83. The summed E-state index contributed by atoms with van der Waals surface area (Å²) >= 11 is 9.50. The number of aromatic hydroxyl groups is 1. The summed E-state index contributed by atoms with van der Waals surface area (Å²) in [6.07, 6.45) is -1.49. The number of phenolic OH excluding ortho intramolecular Hbond substituents is 1. The average molecular weight is 588 g/mol. The van der Waals surface area contributed by atoms with Crippen LogP contribution in [0.4, 0.5) is 0 Å². The van der Waals surface area contributed by atoms with Crippen LogP contribution in [0.2, 0.25) is 5.02 Å². The molecule has 0 radical (unpaired) electrons. The molecule has 0 spiro atoms. The van der Waals surface area contributed by atoms with Crippen molar-refractivity contribution in [2.24, 2.45) is 0 Å². The lowest BCUT2D eigenvalue weighted by molar-refractivity contribution is -0.148. The number of aliphatic hydroxyl groups is 1. The summed E-state index contributed by atoms with van der Waals surface area (Å²) in [5.41, 5.74) is 0.420. The summed E-state index contributed by atoms with van der Waals surface area (Å²) in [7, 11) is 2.28. The number of phenols is 1. The fourth-order valence-electron chi connectivity index (χ4n) is 3.15. The molecule has 4 N–H and O–H groups in total. The van der Waals surface area contributed by atoms with Gasteiger partial charge in [-0.15, -0.1) is 0 Å². The van der Waals surface area contributed by atoms with Crippen molar-refractivity contribution in [1.82, 2.24) is 10.6 Å². The van der Waals surface area contributed by atoms with Gasteiger partial charge in [0.1, 0.15) is 11.9 Å². The summed E-state index contributed by atoms with van der Waals surface area (Å²) < 4.78 is 15.3. The number of hydrogen-bond acceptors (Lipinski definition) is 9. The molecule has 11 nitrogen and oxygen atoms in total. The predicted molar refractivity (Wildman–Crippen MR) is 130 cm³/mol. The molecule has 2 aromatic rings. The van der Waals surface area contributed by atoms with E-state index in [-0.39, 0.29) is 37.9 Å². The maximum Gasteiger partial charge on any atom is 0.333 e. The van der Waals surface area contributed by atoms with Crippen molar-refractivity contribution in [3.05, 3.63) is 51.0 Å². The highest BCUT2D eigenvalue weighted by Gasteiger charge is 2.30. The van der Waals surface area contributed by atoms with Crippen molar-refractivity contribution in [3.63, 3.8) is 0 Å². The number of ether oxygens (including phenoxy) is 3. The molecule has 0 aliphatic carbocycles. The Balaban J connectivity index is 2.41. The Morgan fingerprint density at radius 2 is 1.53 bits per heavy atom. The SMILES string of the molecule is COC(=O)[C@@H](NC(C)=O)[C@H](O)c1ccc(Oc2cc([C@@H](NC(C)=O)C(=O)OC)cc(Br)c2O)c(Cl)c1. The van der Waals surface area contributed by atoms with Crippen LogP contribution in [0.15, 0.2) is 34.8 Å². The normalized spacial score (nSPS) is 13.1. The molecule has 0 aromatic heterocycles. The number of carbonyl (C=O) groups is 4. The lowest BCUT2D eigenvalue weighted by atomic mass is 10.0. The van der Waals surface area contributed by atoms with Crippen molar-refractivity contribution in [2.75, 3.05) is 14.2 Å². The number of aliphatic hydroxyl groups excluding tert-OH is 1. The van der Waals surface area contributed by atoms with Gasteiger partial charge in [0.25, 0.3) is 0 Å². The molecule has 0 bridgehead atoms. The summed E-state index contributed by atoms with van der Waals surface area (Å²) in [6, 6.07) is 4.25. The molecule has 0 heterocycles. The van der Waals surface area contributed by atoms with E-state index in [1.807, 2.05) is 0 Å². The molecule has 194 valence electrons. The number of benzene rings is 2. The Morgan fingerprint density at radius 3 is 2.06 bits per heavy atom. The van der Waals surface area contributed by atoms with Crippen LogP contribution in [0.25, 0.3) is 0 Å². The minimum Gasteiger partial charge on any atom is -0.503 e. The number of amides is 2. The van der Waals surface area contributed by atoms with Crippen LogP contribution in [0.5, 0.6) is 17.2 Å². The van der Waals surface area contributed by atoms with E-state index in [4.69, 9.17) is 21.1 Å². The molecule has 2 amide bonds. The molecule has 0 fully saturated rings. The Hall–Kier alpha value is -3.35. The smallest absolute Gasteiger partial charge is 0.333 e. The second-order valence-electron chi connectivity index (χ2n) is 7.44. The molecule has 0 saturated heterocycles. The molecule has 0 unspecified atom stereocenters. The fourth-order valence-corrected chi connectivity index (χ4v) is 3.83. The van der Waals surface area contributed by atoms with Crippen molar-refractivity contribution >= 4 is 51.3 Å². The van der Waals surface area contributed by atoms with E-state index in [0.717, 1.165) is 14.2 Å². The van der Waals surface area contributed by atoms with E-state index in [1.54, 1.807) is 0 Å². The highest BCUT2D eigenvalue weighted by Crippen LogP contribution is 2.41. The Bertz CT molecular complexity index is 1170. The highest BCUT2D eigenvalue weighted by molar-refractivity contribution is 9.10. The van der Waals surface area contributed by atoms with Crippen LogP contribution in [0.1, 0.15) is 37.1 Å². The van der Waals surface area contributed by atoms with Gasteiger partial charge >= 0.3 is 11.9 Å². The van der Waals surface area contributed by atoms with Crippen molar-refractivity contribution < 1.29 is 43.6 Å². The summed E-state index contributed by atoms with van der Waals surface area (Å²) in [5.74, 6) is -3.03. The van der Waals surface area contributed by atoms with Crippen LogP contribution >= 0.6 is 27.5 Å². The van der Waals surface area contributed by atoms with Crippen LogP contribution in [0.3, 0.4) is 0 Å². The Labute approximate surface area is 219 Å². The van der Waals surface area contributed by atoms with E-state index >= 15 is 0 Å². The van der Waals surface area contributed by atoms with Crippen LogP contribution in [-0.4, -0.2) is 54.2 Å². The zero-order chi connectivity index (χ0) is 27.2. The first-order valence-corrected chi connectivity index (χ1v) is 11.4. The Kier molecular flexibility index (Phi) is 10.1. The van der Waals surface area contributed by atoms with Crippen molar-refractivity contribution in [3.8, 4) is 17.2 Å². The fraction of sp³-hybridized carbons (Fsp3) is 0.304.